The maximum Gasteiger partial charge on any atom is 0.326 e. The van der Waals surface area contributed by atoms with Crippen LogP contribution >= 0.6 is 0 Å². The zero-order valence-corrected chi connectivity index (χ0v) is 24.0. The first kappa shape index (κ1) is 29.2. The number of aryl methyl sites for hydroxylation is 2. The van der Waals surface area contributed by atoms with Gasteiger partial charge in [-0.2, -0.15) is 0 Å². The molecule has 11 nitrogen and oxygen atoms in total. The fraction of sp³-hybridized carbons (Fsp3) is 0.567. The number of carbonyl (C=O) groups is 1. The molecular weight excluding hydrogens is 528 g/mol. The molecule has 3 aromatic rings. The number of nitrogens with one attached hydrogen (secondary N) is 1. The number of benzene rings is 1. The smallest absolute Gasteiger partial charge is 0.326 e. The predicted molar refractivity (Wildman–Crippen MR) is 153 cm³/mol. The van der Waals surface area contributed by atoms with E-state index in [0.29, 0.717) is 43.4 Å². The van der Waals surface area contributed by atoms with Gasteiger partial charge in [0, 0.05) is 63.2 Å². The highest BCUT2D eigenvalue weighted by Crippen LogP contribution is 2.30. The quantitative estimate of drug-likeness (QED) is 0.264. The Labute approximate surface area is 239 Å². The van der Waals surface area contributed by atoms with Crippen molar-refractivity contribution >= 4 is 17.0 Å². The molecule has 2 aliphatic rings. The second-order valence-corrected chi connectivity index (χ2v) is 11.0. The first-order valence-electron chi connectivity index (χ1n) is 14.4. The predicted octanol–water partition coefficient (Wildman–Crippen LogP) is 2.19. The largest absolute Gasteiger partial charge is 0.492 e. The fourth-order valence-corrected chi connectivity index (χ4v) is 5.47. The third-order valence-electron chi connectivity index (χ3n) is 7.76. The number of aromatic nitrogens is 3. The lowest BCUT2D eigenvalue weighted by Gasteiger charge is -2.23. The van der Waals surface area contributed by atoms with Crippen LogP contribution in [0, 0.1) is 12.8 Å². The van der Waals surface area contributed by atoms with Crippen LogP contribution in [0.15, 0.2) is 35.3 Å². The maximum atomic E-state index is 12.5. The van der Waals surface area contributed by atoms with Gasteiger partial charge < -0.3 is 33.2 Å². The molecule has 2 saturated heterocycles. The molecule has 1 aromatic carbocycles. The number of rotatable bonds is 11. The Bertz CT molecular complexity index is 1380. The molecule has 2 fully saturated rings. The van der Waals surface area contributed by atoms with Crippen LogP contribution in [-0.4, -0.2) is 83.0 Å². The van der Waals surface area contributed by atoms with Crippen LogP contribution in [0.2, 0.25) is 0 Å². The van der Waals surface area contributed by atoms with E-state index in [-0.39, 0.29) is 18.3 Å². The van der Waals surface area contributed by atoms with Gasteiger partial charge in [-0.1, -0.05) is 0 Å². The summed E-state index contributed by atoms with van der Waals surface area (Å²) < 4.78 is 26.1. The summed E-state index contributed by atoms with van der Waals surface area (Å²) in [6.07, 6.45) is 3.31. The molecule has 4 heterocycles. The van der Waals surface area contributed by atoms with Crippen molar-refractivity contribution in [2.45, 2.75) is 57.9 Å². The Morgan fingerprint density at radius 2 is 1.98 bits per heavy atom. The zero-order chi connectivity index (χ0) is 28.9. The van der Waals surface area contributed by atoms with E-state index in [1.165, 1.54) is 0 Å². The molecule has 5 rings (SSSR count). The van der Waals surface area contributed by atoms with Crippen molar-refractivity contribution < 1.29 is 28.8 Å². The number of esters is 1. The monoisotopic (exact) mass is 568 g/mol. The minimum atomic E-state index is -0.916. The number of hydrogen-bond donors (Lipinski definition) is 2. The van der Waals surface area contributed by atoms with E-state index in [1.54, 1.807) is 18.5 Å². The number of aliphatic hydroxyl groups excluding tert-OH is 1. The highest BCUT2D eigenvalue weighted by molar-refractivity contribution is 5.82. The van der Waals surface area contributed by atoms with Gasteiger partial charge in [-0.05, 0) is 50.8 Å². The van der Waals surface area contributed by atoms with Gasteiger partial charge in [0.2, 0.25) is 0 Å². The van der Waals surface area contributed by atoms with Crippen LogP contribution in [0.1, 0.15) is 31.7 Å². The second kappa shape index (κ2) is 13.2. The van der Waals surface area contributed by atoms with Crippen LogP contribution in [0.5, 0.6) is 5.75 Å². The molecule has 2 aliphatic heterocycles. The van der Waals surface area contributed by atoms with Crippen molar-refractivity contribution in [1.82, 2.24) is 19.4 Å². The Hall–Kier alpha value is -3.25. The summed E-state index contributed by atoms with van der Waals surface area (Å²) in [5.41, 5.74) is 3.33. The third-order valence-corrected chi connectivity index (χ3v) is 7.76. The summed E-state index contributed by atoms with van der Waals surface area (Å²) in [6.45, 7) is 7.29. The van der Waals surface area contributed by atoms with E-state index in [9.17, 15) is 14.7 Å². The van der Waals surface area contributed by atoms with Crippen molar-refractivity contribution in [2.24, 2.45) is 13.0 Å². The summed E-state index contributed by atoms with van der Waals surface area (Å²) in [5.74, 6) is 1.45. The summed E-state index contributed by atoms with van der Waals surface area (Å²) in [6, 6.07) is 6.89. The molecule has 0 bridgehead atoms. The number of nitrogens with zero attached hydrogens (tertiary/aromatic N) is 3. The van der Waals surface area contributed by atoms with Gasteiger partial charge >= 0.3 is 5.97 Å². The molecule has 3 atom stereocenters. The van der Waals surface area contributed by atoms with E-state index in [0.717, 1.165) is 55.0 Å². The van der Waals surface area contributed by atoms with E-state index < -0.39 is 18.1 Å². The Balaban J connectivity index is 1.30. The van der Waals surface area contributed by atoms with Gasteiger partial charge in [-0.25, -0.2) is 4.98 Å². The minimum absolute atomic E-state index is 0.0243. The molecule has 2 aromatic heterocycles. The average molecular weight is 569 g/mol. The topological polar surface area (TPSA) is 126 Å². The average Bonchev–Trinajstić information content (AvgIpc) is 3.59. The summed E-state index contributed by atoms with van der Waals surface area (Å²) in [4.78, 5) is 29.9. The summed E-state index contributed by atoms with van der Waals surface area (Å²) >= 11 is 0. The molecule has 41 heavy (non-hydrogen) atoms. The van der Waals surface area contributed by atoms with Crippen molar-refractivity contribution in [3.8, 4) is 17.1 Å². The SMILES string of the molecule is Cc1cc(-c2nc3cc(OCCN[C@H](C(=O)O[C@H]4CCOC4)[C@H](C)O)ccc3n2CC2CCOCC2)cn(C)c1=O. The summed E-state index contributed by atoms with van der Waals surface area (Å²) in [7, 11) is 1.76. The standard InChI is InChI=1S/C30H40N4O7/c1-19-14-22(17-33(3)29(19)36)28-32-25-15-23(4-5-26(25)34(28)16-21-6-10-38-11-7-21)40-13-9-31-27(20(2)35)30(37)41-24-8-12-39-18-24/h4-5,14-15,17,20-21,24,27,31,35H,6-13,16,18H2,1-3H3/t20-,24-,27-/m0/s1. The zero-order valence-electron chi connectivity index (χ0n) is 24.0. The van der Waals surface area contributed by atoms with Crippen molar-refractivity contribution in [1.29, 1.82) is 0 Å². The van der Waals surface area contributed by atoms with Crippen LogP contribution in [0.4, 0.5) is 0 Å². The fourth-order valence-electron chi connectivity index (χ4n) is 5.47. The molecule has 11 heteroatoms. The molecule has 0 aliphatic carbocycles. The molecule has 0 unspecified atom stereocenters. The number of imidazole rings is 1. The lowest BCUT2D eigenvalue weighted by atomic mass is 10.00. The molecule has 0 radical (unpaired) electrons. The van der Waals surface area contributed by atoms with Gasteiger partial charge in [0.1, 0.15) is 30.3 Å². The van der Waals surface area contributed by atoms with Crippen LogP contribution in [-0.2, 0) is 32.6 Å². The number of aliphatic hydroxyl groups is 1. The van der Waals surface area contributed by atoms with E-state index in [1.807, 2.05) is 37.4 Å². The van der Waals surface area contributed by atoms with Gasteiger partial charge in [-0.3, -0.25) is 14.9 Å². The molecular formula is C30H40N4O7. The van der Waals surface area contributed by atoms with Gasteiger partial charge in [0.05, 0.1) is 30.4 Å². The Morgan fingerprint density at radius 1 is 1.20 bits per heavy atom. The van der Waals surface area contributed by atoms with Crippen molar-refractivity contribution in [2.75, 3.05) is 39.6 Å². The highest BCUT2D eigenvalue weighted by Gasteiger charge is 2.29. The Morgan fingerprint density at radius 3 is 2.68 bits per heavy atom. The number of pyridine rings is 1. The molecule has 0 spiro atoms. The van der Waals surface area contributed by atoms with Crippen LogP contribution < -0.4 is 15.6 Å². The molecule has 0 amide bonds. The number of ether oxygens (including phenoxy) is 4. The van der Waals surface area contributed by atoms with Crippen molar-refractivity contribution in [3.63, 3.8) is 0 Å². The lowest BCUT2D eigenvalue weighted by molar-refractivity contribution is -0.154. The maximum absolute atomic E-state index is 12.5. The van der Waals surface area contributed by atoms with Crippen LogP contribution in [0.3, 0.4) is 0 Å². The number of fused-ring (bicyclic) bond motifs is 1. The minimum Gasteiger partial charge on any atom is -0.492 e. The Kier molecular flexibility index (Phi) is 9.39. The van der Waals surface area contributed by atoms with Crippen molar-refractivity contribution in [3.05, 3.63) is 46.4 Å². The first-order chi connectivity index (χ1) is 19.8. The second-order valence-electron chi connectivity index (χ2n) is 11.0. The number of hydrogen-bond acceptors (Lipinski definition) is 9. The highest BCUT2D eigenvalue weighted by atomic mass is 16.6. The van der Waals surface area contributed by atoms with Crippen LogP contribution in [0.25, 0.3) is 22.4 Å². The molecule has 0 saturated carbocycles. The van der Waals surface area contributed by atoms with E-state index in [2.05, 4.69) is 9.88 Å². The molecule has 2 N–H and O–H groups in total. The normalized spacial score (nSPS) is 19.4. The number of carbonyl (C=O) groups excluding carboxylic acids is 1. The third kappa shape index (κ3) is 6.98. The summed E-state index contributed by atoms with van der Waals surface area (Å²) in [5, 5.41) is 13.2. The lowest BCUT2D eigenvalue weighted by Crippen LogP contribution is -2.48. The van der Waals surface area contributed by atoms with E-state index >= 15 is 0 Å². The van der Waals surface area contributed by atoms with E-state index in [4.69, 9.17) is 23.9 Å². The first-order valence-corrected chi connectivity index (χ1v) is 14.4. The van der Waals surface area contributed by atoms with Gasteiger partial charge in [0.15, 0.2) is 0 Å². The van der Waals surface area contributed by atoms with Gasteiger partial charge in [0.25, 0.3) is 5.56 Å². The van der Waals surface area contributed by atoms with Gasteiger partial charge in [-0.15, -0.1) is 0 Å². The molecule has 222 valence electrons.